The lowest BCUT2D eigenvalue weighted by molar-refractivity contribution is -0.146. The van der Waals surface area contributed by atoms with Crippen molar-refractivity contribution < 1.29 is 51.6 Å². The first-order valence-electron chi connectivity index (χ1n) is 9.52. The van der Waals surface area contributed by atoms with Crippen LogP contribution in [0.2, 0.25) is 0 Å². The lowest BCUT2D eigenvalue weighted by atomic mass is 10.0. The molecule has 0 spiro atoms. The Morgan fingerprint density at radius 1 is 1.06 bits per heavy atom. The summed E-state index contributed by atoms with van der Waals surface area (Å²) < 4.78 is 41.6. The average molecular weight is 590 g/mol. The summed E-state index contributed by atoms with van der Waals surface area (Å²) in [5, 5.41) is 0. The smallest absolute Gasteiger partial charge is 0.463 e. The molecule has 0 aromatic rings. The zero-order chi connectivity index (χ0) is 26.5. The molecule has 33 heavy (non-hydrogen) atoms. The zero-order valence-electron chi connectivity index (χ0n) is 19.1. The Kier molecular flexibility index (Phi) is 26.5. The zero-order valence-corrected chi connectivity index (χ0v) is 25.1. The van der Waals surface area contributed by atoms with Gasteiger partial charge in [0.05, 0.1) is 6.61 Å². The minimum absolute atomic E-state index is 0.0531. The van der Waals surface area contributed by atoms with Gasteiger partial charge < -0.3 is 28.8 Å². The standard InChI is InChI=1S/C16H30O3P2.H4O7P2.H2OP2/c1-5-16(19-15(4)17)10-9-13(2)7-6-8-14(3)11-12-18-21-20;1-8(2,3)7-9(4,5)6;1-3-2/h7,11,16,21H,5-6,8-10,12,20H2,1-4H3;(H2,1,2,3)(H2,4,5,6);2H2/b13-7+,14-11+;;. The van der Waals surface area contributed by atoms with Crippen molar-refractivity contribution in [3.63, 3.8) is 0 Å². The third-order valence-corrected chi connectivity index (χ3v) is 6.03. The Hall–Kier alpha value is 0.560. The van der Waals surface area contributed by atoms with Crippen LogP contribution in [0.5, 0.6) is 0 Å². The molecule has 4 unspecified atom stereocenters. The SMILES string of the molecule is CCC(CC/C(C)=C/CC/C(C)=C/COPP)OC(C)=O.O=P(O)(O)OP(=O)(O)O.O=PP. The molecule has 4 N–H and O–H groups in total. The van der Waals surface area contributed by atoms with E-state index < -0.39 is 15.6 Å². The van der Waals surface area contributed by atoms with Crippen molar-refractivity contribution in [2.45, 2.75) is 65.9 Å². The van der Waals surface area contributed by atoms with Gasteiger partial charge in [-0.2, -0.15) is 4.31 Å². The summed E-state index contributed by atoms with van der Waals surface area (Å²) in [5.41, 5.74) is 2.74. The Bertz CT molecular complexity index is 666. The predicted molar refractivity (Wildman–Crippen MR) is 138 cm³/mol. The number of phosphoric acid groups is 2. The first-order valence-corrected chi connectivity index (χ1v) is 17.7. The minimum Gasteiger partial charge on any atom is -0.463 e. The molecule has 196 valence electrons. The van der Waals surface area contributed by atoms with Crippen molar-refractivity contribution in [2.24, 2.45) is 0 Å². The predicted octanol–water partition coefficient (Wildman–Crippen LogP) is 5.44. The molecule has 0 aromatic heterocycles. The van der Waals surface area contributed by atoms with Crippen molar-refractivity contribution in [2.75, 3.05) is 6.61 Å². The van der Waals surface area contributed by atoms with Crippen LogP contribution in [0.15, 0.2) is 23.3 Å². The number of ether oxygens (including phenoxy) is 1. The van der Waals surface area contributed by atoms with E-state index in [2.05, 4.69) is 46.2 Å². The van der Waals surface area contributed by atoms with Crippen LogP contribution in [0.1, 0.15) is 59.8 Å². The van der Waals surface area contributed by atoms with Gasteiger partial charge in [-0.05, 0) is 54.9 Å². The van der Waals surface area contributed by atoms with Crippen LogP contribution in [-0.4, -0.2) is 38.3 Å². The van der Waals surface area contributed by atoms with E-state index in [-0.39, 0.29) is 20.2 Å². The summed E-state index contributed by atoms with van der Waals surface area (Å²) in [6.07, 6.45) is 9.40. The van der Waals surface area contributed by atoms with Gasteiger partial charge in [0.15, 0.2) is 8.15 Å². The Labute approximate surface area is 203 Å². The van der Waals surface area contributed by atoms with E-state index >= 15 is 0 Å². The normalized spacial score (nSPS) is 13.8. The Morgan fingerprint density at radius 2 is 1.55 bits per heavy atom. The molecule has 4 atom stereocenters. The molecule has 0 bridgehead atoms. The van der Waals surface area contributed by atoms with Crippen LogP contribution in [0.25, 0.3) is 0 Å². The summed E-state index contributed by atoms with van der Waals surface area (Å²) in [7, 11) is -4.97. The quantitative estimate of drug-likeness (QED) is 0.0930. The maximum Gasteiger partial charge on any atom is 0.478 e. The maximum atomic E-state index is 11.0. The number of esters is 1. The summed E-state index contributed by atoms with van der Waals surface area (Å²) in [5.74, 6) is -0.183. The lowest BCUT2D eigenvalue weighted by Gasteiger charge is -2.14. The molecule has 0 rings (SSSR count). The van der Waals surface area contributed by atoms with Gasteiger partial charge in [0.1, 0.15) is 6.10 Å². The van der Waals surface area contributed by atoms with Crippen LogP contribution in [-0.2, 0) is 32.1 Å². The van der Waals surface area contributed by atoms with E-state index in [1.54, 1.807) is 0 Å². The molecule has 11 nitrogen and oxygen atoms in total. The fraction of sp³-hybridized carbons (Fsp3) is 0.688. The number of carbonyl (C=O) groups excluding carboxylic acids is 1. The van der Waals surface area contributed by atoms with Crippen LogP contribution >= 0.6 is 50.1 Å². The molecule has 0 aliphatic carbocycles. The van der Waals surface area contributed by atoms with Crippen molar-refractivity contribution in [3.8, 4) is 0 Å². The second-order valence-corrected chi connectivity index (χ2v) is 11.1. The number of hydrogen-bond acceptors (Lipinski definition) is 7. The van der Waals surface area contributed by atoms with Gasteiger partial charge in [0.2, 0.25) is 0 Å². The highest BCUT2D eigenvalue weighted by atomic mass is 32.0. The second kappa shape index (κ2) is 23.0. The number of allylic oxidation sites excluding steroid dienone is 3. The van der Waals surface area contributed by atoms with E-state index in [0.29, 0.717) is 15.1 Å². The molecule has 0 aliphatic rings. The number of rotatable bonds is 13. The Morgan fingerprint density at radius 3 is 1.91 bits per heavy atom. The van der Waals surface area contributed by atoms with E-state index in [1.165, 1.54) is 18.1 Å². The van der Waals surface area contributed by atoms with Gasteiger partial charge in [-0.1, -0.05) is 39.2 Å². The third-order valence-electron chi connectivity index (χ3n) is 3.49. The summed E-state index contributed by atoms with van der Waals surface area (Å²) in [6, 6.07) is 0. The van der Waals surface area contributed by atoms with Gasteiger partial charge in [0.25, 0.3) is 0 Å². The highest BCUT2D eigenvalue weighted by Crippen LogP contribution is 2.53. The van der Waals surface area contributed by atoms with Gasteiger partial charge in [-0.15, -0.1) is 0 Å². The third kappa shape index (κ3) is 37.3. The molecule has 0 amide bonds. The lowest BCUT2D eigenvalue weighted by Crippen LogP contribution is -2.15. The van der Waals surface area contributed by atoms with Crippen LogP contribution in [0, 0.1) is 0 Å². The number of carbonyl (C=O) groups is 1. The van der Waals surface area contributed by atoms with Crippen LogP contribution < -0.4 is 0 Å². The molecule has 17 heteroatoms. The molecule has 0 fully saturated rings. The average Bonchev–Trinajstić information content (AvgIpc) is 2.63. The first kappa shape index (κ1) is 38.1. The molecule has 0 aromatic carbocycles. The largest absolute Gasteiger partial charge is 0.478 e. The van der Waals surface area contributed by atoms with Crippen LogP contribution in [0.4, 0.5) is 0 Å². The minimum atomic E-state index is -5.05. The van der Waals surface area contributed by atoms with Crippen molar-refractivity contribution in [3.05, 3.63) is 23.3 Å². The number of hydrogen-bond donors (Lipinski definition) is 4. The van der Waals surface area contributed by atoms with Gasteiger partial charge in [0, 0.05) is 15.4 Å². The summed E-state index contributed by atoms with van der Waals surface area (Å²) >= 11 is 0. The van der Waals surface area contributed by atoms with Gasteiger partial charge >= 0.3 is 21.6 Å². The molecule has 0 heterocycles. The van der Waals surface area contributed by atoms with E-state index in [9.17, 15) is 13.9 Å². The van der Waals surface area contributed by atoms with Crippen molar-refractivity contribution in [1.29, 1.82) is 0 Å². The molecule has 0 saturated heterocycles. The fourth-order valence-electron chi connectivity index (χ4n) is 2.09. The molecule has 0 saturated carbocycles. The highest BCUT2D eigenvalue weighted by molar-refractivity contribution is 8.00. The van der Waals surface area contributed by atoms with E-state index in [0.717, 1.165) is 32.1 Å². The van der Waals surface area contributed by atoms with E-state index in [1.807, 2.05) is 8.93 Å². The topological polar surface area (TPSA) is 177 Å². The van der Waals surface area contributed by atoms with Gasteiger partial charge in [-0.3, -0.25) is 9.36 Å². The molecular weight excluding hydrogens is 554 g/mol. The Balaban J connectivity index is -0.000000620. The van der Waals surface area contributed by atoms with Crippen molar-refractivity contribution in [1.82, 2.24) is 0 Å². The van der Waals surface area contributed by atoms with Crippen LogP contribution in [0.3, 0.4) is 0 Å². The van der Waals surface area contributed by atoms with Crippen molar-refractivity contribution >= 4 is 56.1 Å². The summed E-state index contributed by atoms with van der Waals surface area (Å²) in [6.45, 7) is 8.53. The highest BCUT2D eigenvalue weighted by Gasteiger charge is 2.27. The molecular formula is C16H36O11P6. The second-order valence-electron chi connectivity index (χ2n) is 6.42. The fourth-order valence-corrected chi connectivity index (χ4v) is 3.67. The molecule has 0 radical (unpaired) electrons. The van der Waals surface area contributed by atoms with Gasteiger partial charge in [-0.25, -0.2) is 9.13 Å². The molecule has 0 aliphatic heterocycles. The van der Waals surface area contributed by atoms with E-state index in [4.69, 9.17) is 33.4 Å². The monoisotopic (exact) mass is 590 g/mol. The first-order chi connectivity index (χ1) is 15.1. The summed E-state index contributed by atoms with van der Waals surface area (Å²) in [4.78, 5) is 42.0. The maximum absolute atomic E-state index is 11.0.